The zero-order valence-electron chi connectivity index (χ0n) is 8.58. The highest BCUT2D eigenvalue weighted by atomic mass is 79.9. The highest BCUT2D eigenvalue weighted by Gasteiger charge is 2.07. The van der Waals surface area contributed by atoms with Gasteiger partial charge in [-0.1, -0.05) is 0 Å². The predicted octanol–water partition coefficient (Wildman–Crippen LogP) is 2.29. The quantitative estimate of drug-likeness (QED) is 0.815. The zero-order valence-corrected chi connectivity index (χ0v) is 10.2. The van der Waals surface area contributed by atoms with E-state index in [-0.39, 0.29) is 0 Å². The number of imidazole rings is 1. The van der Waals surface area contributed by atoms with E-state index in [1.165, 1.54) is 0 Å². The first-order valence-electron chi connectivity index (χ1n) is 4.38. The third-order valence-corrected chi connectivity index (χ3v) is 2.36. The van der Waals surface area contributed by atoms with Crippen molar-refractivity contribution in [2.45, 2.75) is 26.4 Å². The summed E-state index contributed by atoms with van der Waals surface area (Å²) in [4.78, 5) is 6.52. The Morgan fingerprint density at radius 1 is 1.54 bits per heavy atom. The van der Waals surface area contributed by atoms with E-state index in [0.717, 1.165) is 17.0 Å². The molecule has 0 aliphatic carbocycles. The highest BCUT2D eigenvalue weighted by molar-refractivity contribution is 9.10. The van der Waals surface area contributed by atoms with Gasteiger partial charge in [0.25, 0.3) is 0 Å². The van der Waals surface area contributed by atoms with Gasteiger partial charge in [-0.2, -0.15) is 0 Å². The van der Waals surface area contributed by atoms with E-state index in [2.05, 4.69) is 50.4 Å². The molecule has 0 amide bonds. The zero-order chi connectivity index (χ0) is 10.0. The molecule has 1 heterocycles. The molecule has 0 N–H and O–H groups in total. The normalized spacial score (nSPS) is 11.6. The molecule has 1 aromatic heterocycles. The first-order chi connectivity index (χ1) is 6.00. The number of hydrogen-bond donors (Lipinski definition) is 0. The maximum Gasteiger partial charge on any atom is 0.177 e. The Hall–Kier alpha value is -0.350. The average molecular weight is 246 g/mol. The van der Waals surface area contributed by atoms with Crippen molar-refractivity contribution >= 4 is 15.9 Å². The Morgan fingerprint density at radius 2 is 2.15 bits per heavy atom. The molecule has 3 nitrogen and oxygen atoms in total. The van der Waals surface area contributed by atoms with Gasteiger partial charge < -0.3 is 9.47 Å². The van der Waals surface area contributed by atoms with Gasteiger partial charge in [-0.15, -0.1) is 0 Å². The second kappa shape index (κ2) is 4.24. The van der Waals surface area contributed by atoms with E-state index in [9.17, 15) is 0 Å². The molecule has 0 spiro atoms. The second-order valence-electron chi connectivity index (χ2n) is 3.74. The van der Waals surface area contributed by atoms with Crippen molar-refractivity contribution in [2.24, 2.45) is 0 Å². The number of halogens is 1. The molecular weight excluding hydrogens is 230 g/mol. The third-order valence-electron chi connectivity index (χ3n) is 1.77. The van der Waals surface area contributed by atoms with Crippen LogP contribution in [-0.4, -0.2) is 28.5 Å². The van der Waals surface area contributed by atoms with E-state index in [1.807, 2.05) is 14.1 Å². The maximum atomic E-state index is 4.41. The summed E-state index contributed by atoms with van der Waals surface area (Å²) in [5, 5.41) is 0. The minimum absolute atomic E-state index is 0.456. The van der Waals surface area contributed by atoms with Gasteiger partial charge in [0.2, 0.25) is 0 Å². The Morgan fingerprint density at radius 3 is 2.54 bits per heavy atom. The van der Waals surface area contributed by atoms with Crippen molar-refractivity contribution in [1.82, 2.24) is 14.5 Å². The van der Waals surface area contributed by atoms with Gasteiger partial charge >= 0.3 is 0 Å². The molecule has 0 atom stereocenters. The summed E-state index contributed by atoms with van der Waals surface area (Å²) < 4.78 is 3.04. The van der Waals surface area contributed by atoms with E-state index in [4.69, 9.17) is 0 Å². The summed E-state index contributed by atoms with van der Waals surface area (Å²) in [6.45, 7) is 5.18. The lowest BCUT2D eigenvalue weighted by atomic mass is 10.4. The van der Waals surface area contributed by atoms with Crippen LogP contribution in [0.15, 0.2) is 10.9 Å². The minimum Gasteiger partial charge on any atom is -0.323 e. The summed E-state index contributed by atoms with van der Waals surface area (Å²) in [7, 11) is 4.09. The molecule has 1 aromatic rings. The van der Waals surface area contributed by atoms with Crippen LogP contribution in [0.1, 0.15) is 25.6 Å². The van der Waals surface area contributed by atoms with Crippen molar-refractivity contribution in [3.8, 4) is 0 Å². The molecule has 1 rings (SSSR count). The summed E-state index contributed by atoms with van der Waals surface area (Å²) >= 11 is 3.44. The Bertz CT molecular complexity index is 278. The smallest absolute Gasteiger partial charge is 0.177 e. The molecule has 0 aromatic carbocycles. The van der Waals surface area contributed by atoms with Crippen LogP contribution in [0.4, 0.5) is 0 Å². The van der Waals surface area contributed by atoms with Crippen LogP contribution in [0.25, 0.3) is 0 Å². The lowest BCUT2D eigenvalue weighted by Gasteiger charge is -2.07. The van der Waals surface area contributed by atoms with Crippen molar-refractivity contribution < 1.29 is 0 Å². The lowest BCUT2D eigenvalue weighted by Crippen LogP contribution is -2.10. The molecule has 0 radical (unpaired) electrons. The summed E-state index contributed by atoms with van der Waals surface area (Å²) in [5.74, 6) is 0. The highest BCUT2D eigenvalue weighted by Crippen LogP contribution is 2.16. The number of nitrogens with zero attached hydrogens (tertiary/aromatic N) is 3. The van der Waals surface area contributed by atoms with E-state index >= 15 is 0 Å². The Balaban J connectivity index is 2.82. The fourth-order valence-corrected chi connectivity index (χ4v) is 1.92. The molecular formula is C9H16BrN3. The van der Waals surface area contributed by atoms with Gasteiger partial charge in [-0.05, 0) is 43.9 Å². The molecule has 4 heteroatoms. The molecule has 0 unspecified atom stereocenters. The van der Waals surface area contributed by atoms with Crippen LogP contribution in [0.5, 0.6) is 0 Å². The Labute approximate surface area is 87.9 Å². The van der Waals surface area contributed by atoms with Gasteiger partial charge in [0.1, 0.15) is 0 Å². The summed E-state index contributed by atoms with van der Waals surface area (Å²) in [6.07, 6.45) is 2.09. The maximum absolute atomic E-state index is 4.41. The fraction of sp³-hybridized carbons (Fsp3) is 0.667. The molecule has 13 heavy (non-hydrogen) atoms. The largest absolute Gasteiger partial charge is 0.323 e. The predicted molar refractivity (Wildman–Crippen MR) is 57.7 cm³/mol. The first-order valence-corrected chi connectivity index (χ1v) is 5.18. The van der Waals surface area contributed by atoms with Crippen LogP contribution < -0.4 is 0 Å². The SMILES string of the molecule is CC(C)n1cc(CN(C)C)nc1Br. The van der Waals surface area contributed by atoms with Crippen molar-refractivity contribution in [1.29, 1.82) is 0 Å². The average Bonchev–Trinajstić information content (AvgIpc) is 2.29. The molecule has 74 valence electrons. The molecule has 0 bridgehead atoms. The van der Waals surface area contributed by atoms with Crippen molar-refractivity contribution in [3.05, 3.63) is 16.6 Å². The first kappa shape index (κ1) is 10.7. The molecule has 0 aliphatic rings. The number of hydrogen-bond acceptors (Lipinski definition) is 2. The van der Waals surface area contributed by atoms with Crippen LogP contribution in [-0.2, 0) is 6.54 Å². The van der Waals surface area contributed by atoms with Gasteiger partial charge in [0.05, 0.1) is 5.69 Å². The Kier molecular flexibility index (Phi) is 3.50. The van der Waals surface area contributed by atoms with Crippen LogP contribution >= 0.6 is 15.9 Å². The van der Waals surface area contributed by atoms with Gasteiger partial charge in [-0.25, -0.2) is 4.98 Å². The molecule has 0 fully saturated rings. The van der Waals surface area contributed by atoms with Crippen LogP contribution in [0, 0.1) is 0 Å². The lowest BCUT2D eigenvalue weighted by molar-refractivity contribution is 0.397. The molecule has 0 saturated carbocycles. The number of aromatic nitrogens is 2. The van der Waals surface area contributed by atoms with Gasteiger partial charge in [-0.3, -0.25) is 0 Å². The fourth-order valence-electron chi connectivity index (χ4n) is 1.18. The standard InChI is InChI=1S/C9H16BrN3/c1-7(2)13-6-8(5-12(3)4)11-9(13)10/h6-7H,5H2,1-4H3. The van der Waals surface area contributed by atoms with Crippen LogP contribution in [0.2, 0.25) is 0 Å². The summed E-state index contributed by atoms with van der Waals surface area (Å²) in [5.41, 5.74) is 1.10. The topological polar surface area (TPSA) is 21.1 Å². The van der Waals surface area contributed by atoms with Crippen molar-refractivity contribution in [3.63, 3.8) is 0 Å². The second-order valence-corrected chi connectivity index (χ2v) is 4.45. The van der Waals surface area contributed by atoms with Crippen LogP contribution in [0.3, 0.4) is 0 Å². The van der Waals surface area contributed by atoms with Crippen molar-refractivity contribution in [2.75, 3.05) is 14.1 Å². The van der Waals surface area contributed by atoms with E-state index in [1.54, 1.807) is 0 Å². The molecule has 0 aliphatic heterocycles. The van der Waals surface area contributed by atoms with Gasteiger partial charge in [0, 0.05) is 18.8 Å². The van der Waals surface area contributed by atoms with E-state index < -0.39 is 0 Å². The third kappa shape index (κ3) is 2.81. The monoisotopic (exact) mass is 245 g/mol. The summed E-state index contributed by atoms with van der Waals surface area (Å²) in [6, 6.07) is 0.456. The van der Waals surface area contributed by atoms with Gasteiger partial charge in [0.15, 0.2) is 4.73 Å². The minimum atomic E-state index is 0.456. The molecule has 0 saturated heterocycles. The number of rotatable bonds is 3. The van der Waals surface area contributed by atoms with E-state index in [0.29, 0.717) is 6.04 Å².